The lowest BCUT2D eigenvalue weighted by atomic mass is 10.1. The van der Waals surface area contributed by atoms with E-state index >= 15 is 0 Å². The van der Waals surface area contributed by atoms with Gasteiger partial charge < -0.3 is 4.42 Å². The Balaban J connectivity index is 2.34. The van der Waals surface area contributed by atoms with E-state index in [0.29, 0.717) is 16.8 Å². The second-order valence-corrected chi connectivity index (χ2v) is 3.89. The highest BCUT2D eigenvalue weighted by molar-refractivity contribution is 7.03. The van der Waals surface area contributed by atoms with Crippen molar-refractivity contribution in [2.45, 2.75) is 0 Å². The molecule has 0 spiro atoms. The first-order valence-electron chi connectivity index (χ1n) is 4.65. The van der Waals surface area contributed by atoms with Gasteiger partial charge in [-0.2, -0.15) is 0 Å². The predicted octanol–water partition coefficient (Wildman–Crippen LogP) is 2.31. The molecule has 1 aromatic carbocycles. The summed E-state index contributed by atoms with van der Waals surface area (Å²) in [7, 11) is 0. The van der Waals surface area contributed by atoms with Crippen molar-refractivity contribution >= 4 is 22.5 Å². The van der Waals surface area contributed by atoms with Crippen LogP contribution in [0.2, 0.25) is 0 Å². The fourth-order valence-electron chi connectivity index (χ4n) is 1.52. The van der Waals surface area contributed by atoms with Gasteiger partial charge in [0, 0.05) is 10.8 Å². The molecule has 2 heterocycles. The van der Waals surface area contributed by atoms with E-state index in [-0.39, 0.29) is 5.63 Å². The van der Waals surface area contributed by atoms with E-state index in [2.05, 4.69) is 9.59 Å². The molecule has 0 fully saturated rings. The lowest BCUT2D eigenvalue weighted by Crippen LogP contribution is -2.02. The smallest absolute Gasteiger partial charge is 0.345 e. The Morgan fingerprint density at radius 3 is 2.94 bits per heavy atom. The minimum absolute atomic E-state index is 0.383. The third-order valence-corrected chi connectivity index (χ3v) is 2.78. The van der Waals surface area contributed by atoms with Crippen LogP contribution in [-0.4, -0.2) is 9.59 Å². The van der Waals surface area contributed by atoms with E-state index in [9.17, 15) is 4.79 Å². The van der Waals surface area contributed by atoms with Gasteiger partial charge in [0.2, 0.25) is 0 Å². The van der Waals surface area contributed by atoms with Gasteiger partial charge in [0.1, 0.15) is 11.3 Å². The summed E-state index contributed by atoms with van der Waals surface area (Å²) in [6, 6.07) is 9.15. The molecule has 0 saturated carbocycles. The Morgan fingerprint density at radius 1 is 1.25 bits per heavy atom. The fourth-order valence-corrected chi connectivity index (χ4v) is 1.98. The van der Waals surface area contributed by atoms with E-state index in [0.717, 1.165) is 5.39 Å². The zero-order chi connectivity index (χ0) is 11.0. The van der Waals surface area contributed by atoms with Crippen LogP contribution in [0.4, 0.5) is 0 Å². The molecule has 4 nitrogen and oxygen atoms in total. The van der Waals surface area contributed by atoms with Crippen molar-refractivity contribution in [3.05, 3.63) is 46.1 Å². The van der Waals surface area contributed by atoms with Gasteiger partial charge in [-0.15, -0.1) is 5.10 Å². The third-order valence-electron chi connectivity index (χ3n) is 2.28. The lowest BCUT2D eigenvalue weighted by molar-refractivity contribution is 0.563. The normalized spacial score (nSPS) is 10.8. The van der Waals surface area contributed by atoms with Gasteiger partial charge in [-0.25, -0.2) is 4.79 Å². The Labute approximate surface area is 94.3 Å². The van der Waals surface area contributed by atoms with E-state index < -0.39 is 0 Å². The minimum atomic E-state index is -0.383. The Morgan fingerprint density at radius 2 is 2.12 bits per heavy atom. The van der Waals surface area contributed by atoms with Crippen LogP contribution < -0.4 is 5.63 Å². The number of hydrogen-bond acceptors (Lipinski definition) is 5. The predicted molar refractivity (Wildman–Crippen MR) is 61.4 cm³/mol. The second kappa shape index (κ2) is 3.53. The number of nitrogens with zero attached hydrogens (tertiary/aromatic N) is 2. The van der Waals surface area contributed by atoms with Gasteiger partial charge in [0.25, 0.3) is 0 Å². The van der Waals surface area contributed by atoms with Crippen molar-refractivity contribution in [1.82, 2.24) is 9.59 Å². The monoisotopic (exact) mass is 230 g/mol. The Hall–Kier alpha value is -2.01. The quantitative estimate of drug-likeness (QED) is 0.602. The zero-order valence-corrected chi connectivity index (χ0v) is 8.90. The average Bonchev–Trinajstić information content (AvgIpc) is 2.81. The number of aromatic nitrogens is 2. The van der Waals surface area contributed by atoms with E-state index in [1.165, 1.54) is 11.5 Å². The summed E-state index contributed by atoms with van der Waals surface area (Å²) < 4.78 is 8.93. The molecule has 0 aliphatic rings. The van der Waals surface area contributed by atoms with Crippen molar-refractivity contribution in [2.24, 2.45) is 0 Å². The highest BCUT2D eigenvalue weighted by Gasteiger charge is 2.09. The molecule has 16 heavy (non-hydrogen) atoms. The largest absolute Gasteiger partial charge is 0.422 e. The first-order valence-corrected chi connectivity index (χ1v) is 5.48. The van der Waals surface area contributed by atoms with Crippen LogP contribution in [-0.2, 0) is 0 Å². The summed E-state index contributed by atoms with van der Waals surface area (Å²) in [6.45, 7) is 0. The van der Waals surface area contributed by atoms with Crippen LogP contribution in [0.5, 0.6) is 0 Å². The molecule has 0 aliphatic carbocycles. The molecule has 0 amide bonds. The molecular weight excluding hydrogens is 224 g/mol. The van der Waals surface area contributed by atoms with Gasteiger partial charge in [0.15, 0.2) is 0 Å². The maximum atomic E-state index is 11.7. The number of rotatable bonds is 1. The van der Waals surface area contributed by atoms with Crippen LogP contribution in [0.3, 0.4) is 0 Å². The number of fused-ring (bicyclic) bond motifs is 1. The lowest BCUT2D eigenvalue weighted by Gasteiger charge is -1.98. The highest BCUT2D eigenvalue weighted by Crippen LogP contribution is 2.19. The van der Waals surface area contributed by atoms with Crippen LogP contribution in [0.15, 0.2) is 44.9 Å². The summed E-state index contributed by atoms with van der Waals surface area (Å²) in [5.41, 5.74) is 1.21. The minimum Gasteiger partial charge on any atom is -0.422 e. The fraction of sp³-hybridized carbons (Fsp3) is 0. The van der Waals surface area contributed by atoms with Gasteiger partial charge in [0.05, 0.1) is 5.56 Å². The summed E-state index contributed by atoms with van der Waals surface area (Å²) in [5, 5.41) is 6.47. The first-order chi connectivity index (χ1) is 7.84. The zero-order valence-electron chi connectivity index (χ0n) is 8.08. The molecule has 2 aromatic heterocycles. The van der Waals surface area contributed by atoms with Crippen molar-refractivity contribution in [1.29, 1.82) is 0 Å². The SMILES string of the molecule is O=c1oc2ccccc2cc1-c1csnn1. The molecule has 0 atom stereocenters. The average molecular weight is 230 g/mol. The number of benzene rings is 1. The molecule has 0 radical (unpaired) electrons. The first kappa shape index (κ1) is 9.23. The Kier molecular flexibility index (Phi) is 2.04. The molecule has 3 aromatic rings. The van der Waals surface area contributed by atoms with Gasteiger partial charge in [-0.1, -0.05) is 22.7 Å². The Bertz CT molecular complexity index is 689. The maximum Gasteiger partial charge on any atom is 0.345 e. The number of para-hydroxylation sites is 1. The summed E-state index contributed by atoms with van der Waals surface area (Å²) in [5.74, 6) is 0. The van der Waals surface area contributed by atoms with Crippen molar-refractivity contribution < 1.29 is 4.42 Å². The maximum absolute atomic E-state index is 11.7. The van der Waals surface area contributed by atoms with E-state index in [1.54, 1.807) is 17.5 Å². The van der Waals surface area contributed by atoms with Crippen LogP contribution in [0.25, 0.3) is 22.2 Å². The van der Waals surface area contributed by atoms with E-state index in [4.69, 9.17) is 4.42 Å². The molecular formula is C11H6N2O2S. The molecule has 0 aliphatic heterocycles. The van der Waals surface area contributed by atoms with Crippen LogP contribution >= 0.6 is 11.5 Å². The van der Waals surface area contributed by atoms with Crippen molar-refractivity contribution in [3.8, 4) is 11.3 Å². The summed E-state index contributed by atoms with van der Waals surface area (Å²) >= 11 is 1.21. The van der Waals surface area contributed by atoms with Crippen LogP contribution in [0.1, 0.15) is 0 Å². The van der Waals surface area contributed by atoms with Crippen LogP contribution in [0, 0.1) is 0 Å². The molecule has 0 N–H and O–H groups in total. The van der Waals surface area contributed by atoms with Crippen molar-refractivity contribution in [3.63, 3.8) is 0 Å². The molecule has 5 heteroatoms. The molecule has 0 saturated heterocycles. The van der Waals surface area contributed by atoms with E-state index in [1.807, 2.05) is 18.2 Å². The van der Waals surface area contributed by atoms with Crippen molar-refractivity contribution in [2.75, 3.05) is 0 Å². The molecule has 3 rings (SSSR count). The summed E-state index contributed by atoms with van der Waals surface area (Å²) in [6.07, 6.45) is 0. The molecule has 0 bridgehead atoms. The highest BCUT2D eigenvalue weighted by atomic mass is 32.1. The number of hydrogen-bond donors (Lipinski definition) is 0. The van der Waals surface area contributed by atoms with Gasteiger partial charge >= 0.3 is 5.63 Å². The van der Waals surface area contributed by atoms with Gasteiger partial charge in [-0.05, 0) is 23.7 Å². The molecule has 78 valence electrons. The second-order valence-electron chi connectivity index (χ2n) is 3.28. The topological polar surface area (TPSA) is 56.0 Å². The third kappa shape index (κ3) is 1.42. The summed E-state index contributed by atoms with van der Waals surface area (Å²) in [4.78, 5) is 11.7. The molecule has 0 unspecified atom stereocenters. The standard InChI is InChI=1S/C11H6N2O2S/c14-11-8(9-6-16-13-12-9)5-7-3-1-2-4-10(7)15-11/h1-6H. The van der Waals surface area contributed by atoms with Gasteiger partial charge in [-0.3, -0.25) is 0 Å².